The predicted octanol–water partition coefficient (Wildman–Crippen LogP) is 1.15. The second-order valence-electron chi connectivity index (χ2n) is 5.34. The van der Waals surface area contributed by atoms with Crippen LogP contribution in [0.2, 0.25) is 0 Å². The summed E-state index contributed by atoms with van der Waals surface area (Å²) >= 11 is 0. The number of amides is 1. The van der Waals surface area contributed by atoms with Gasteiger partial charge in [-0.05, 0) is 18.6 Å². The van der Waals surface area contributed by atoms with Crippen molar-refractivity contribution in [3.63, 3.8) is 0 Å². The fraction of sp³-hybridized carbons (Fsp3) is 0.500. The maximum atomic E-state index is 12.6. The highest BCUT2D eigenvalue weighted by Crippen LogP contribution is 2.31. The summed E-state index contributed by atoms with van der Waals surface area (Å²) in [6.07, 6.45) is -4.91. The molecule has 0 bridgehead atoms. The number of benzene rings is 1. The fourth-order valence-corrected chi connectivity index (χ4v) is 3.97. The zero-order chi connectivity index (χ0) is 18.8. The normalized spacial score (nSPS) is 18.8. The topological polar surface area (TPSA) is 84.9 Å². The number of alkyl halides is 3. The van der Waals surface area contributed by atoms with Crippen LogP contribution in [0, 0.1) is 0 Å². The molecular weight excluding hydrogens is 365 g/mol. The molecule has 1 amide bonds. The lowest BCUT2D eigenvalue weighted by Crippen LogP contribution is -2.44. The number of rotatable bonds is 5. The van der Waals surface area contributed by atoms with Gasteiger partial charge in [0.15, 0.2) is 11.5 Å². The molecule has 0 aliphatic carbocycles. The van der Waals surface area contributed by atoms with Crippen LogP contribution in [0.3, 0.4) is 0 Å². The maximum absolute atomic E-state index is 12.6. The second-order valence-corrected chi connectivity index (χ2v) is 7.27. The zero-order valence-corrected chi connectivity index (χ0v) is 14.3. The predicted molar refractivity (Wildman–Crippen MR) is 80.9 cm³/mol. The number of ether oxygens (including phenoxy) is 2. The number of halogens is 3. The van der Waals surface area contributed by atoms with E-state index in [0.29, 0.717) is 5.75 Å². The summed E-state index contributed by atoms with van der Waals surface area (Å²) in [4.78, 5) is 10.9. The van der Waals surface area contributed by atoms with Gasteiger partial charge in [0.2, 0.25) is 10.0 Å². The van der Waals surface area contributed by atoms with Crippen molar-refractivity contribution in [1.82, 2.24) is 9.62 Å². The van der Waals surface area contributed by atoms with Crippen LogP contribution in [-0.4, -0.2) is 58.2 Å². The van der Waals surface area contributed by atoms with Gasteiger partial charge in [-0.1, -0.05) is 0 Å². The molecule has 1 aromatic rings. The van der Waals surface area contributed by atoms with Gasteiger partial charge in [-0.3, -0.25) is 4.79 Å². The molecule has 140 valence electrons. The average Bonchev–Trinajstić information content (AvgIpc) is 3.02. The van der Waals surface area contributed by atoms with E-state index in [-0.39, 0.29) is 30.2 Å². The van der Waals surface area contributed by atoms with Crippen molar-refractivity contribution in [2.75, 3.05) is 27.3 Å². The lowest BCUT2D eigenvalue weighted by molar-refractivity contribution is -0.174. The van der Waals surface area contributed by atoms with Crippen LogP contribution in [0.15, 0.2) is 23.1 Å². The third-order valence-electron chi connectivity index (χ3n) is 3.74. The van der Waals surface area contributed by atoms with Crippen molar-refractivity contribution in [3.05, 3.63) is 18.2 Å². The smallest absolute Gasteiger partial charge is 0.471 e. The van der Waals surface area contributed by atoms with E-state index in [0.717, 1.165) is 4.31 Å². The number of nitrogens with one attached hydrogen (secondary N) is 1. The molecule has 1 saturated heterocycles. The van der Waals surface area contributed by atoms with E-state index in [1.54, 1.807) is 5.32 Å². The van der Waals surface area contributed by atoms with Gasteiger partial charge in [0, 0.05) is 25.2 Å². The summed E-state index contributed by atoms with van der Waals surface area (Å²) in [6, 6.07) is 3.11. The van der Waals surface area contributed by atoms with Crippen molar-refractivity contribution < 1.29 is 35.9 Å². The Kier molecular flexibility index (Phi) is 5.47. The second kappa shape index (κ2) is 7.08. The molecule has 2 rings (SSSR count). The highest BCUT2D eigenvalue weighted by atomic mass is 32.2. The summed E-state index contributed by atoms with van der Waals surface area (Å²) in [5, 5.41) is 1.80. The molecule has 1 atom stereocenters. The molecule has 1 unspecified atom stereocenters. The highest BCUT2D eigenvalue weighted by molar-refractivity contribution is 7.89. The summed E-state index contributed by atoms with van der Waals surface area (Å²) in [5.41, 5.74) is 0. The van der Waals surface area contributed by atoms with Gasteiger partial charge in [-0.25, -0.2) is 8.42 Å². The summed E-state index contributed by atoms with van der Waals surface area (Å²) in [5.74, 6) is -1.52. The summed E-state index contributed by atoms with van der Waals surface area (Å²) in [6.45, 7) is -0.238. The number of carbonyl (C=O) groups is 1. The van der Waals surface area contributed by atoms with Crippen molar-refractivity contribution >= 4 is 15.9 Å². The third kappa shape index (κ3) is 4.15. The largest absolute Gasteiger partial charge is 0.493 e. The maximum Gasteiger partial charge on any atom is 0.471 e. The van der Waals surface area contributed by atoms with Gasteiger partial charge in [0.25, 0.3) is 0 Å². The van der Waals surface area contributed by atoms with Gasteiger partial charge < -0.3 is 14.8 Å². The summed E-state index contributed by atoms with van der Waals surface area (Å²) < 4.78 is 73.2. The Labute approximate surface area is 142 Å². The Balaban J connectivity index is 2.15. The quantitative estimate of drug-likeness (QED) is 0.826. The Bertz CT molecular complexity index is 751. The van der Waals surface area contributed by atoms with E-state index < -0.39 is 28.1 Å². The first-order valence-corrected chi connectivity index (χ1v) is 8.63. The highest BCUT2D eigenvalue weighted by Gasteiger charge is 2.42. The van der Waals surface area contributed by atoms with Gasteiger partial charge in [-0.15, -0.1) is 0 Å². The van der Waals surface area contributed by atoms with Gasteiger partial charge in [0.05, 0.1) is 19.1 Å². The van der Waals surface area contributed by atoms with E-state index in [1.807, 2.05) is 0 Å². The van der Waals surface area contributed by atoms with Crippen LogP contribution in [-0.2, 0) is 14.8 Å². The molecule has 1 fully saturated rings. The number of sulfonamides is 1. The van der Waals surface area contributed by atoms with Crippen LogP contribution in [0.5, 0.6) is 11.5 Å². The number of nitrogens with zero attached hydrogens (tertiary/aromatic N) is 1. The zero-order valence-electron chi connectivity index (χ0n) is 13.5. The van der Waals surface area contributed by atoms with E-state index in [1.165, 1.54) is 32.4 Å². The van der Waals surface area contributed by atoms with E-state index in [9.17, 15) is 26.4 Å². The lowest BCUT2D eigenvalue weighted by atomic mass is 10.2. The average molecular weight is 382 g/mol. The minimum atomic E-state index is -5.00. The first-order chi connectivity index (χ1) is 11.6. The third-order valence-corrected chi connectivity index (χ3v) is 5.60. The number of carbonyl (C=O) groups excluding carboxylic acids is 1. The van der Waals surface area contributed by atoms with Crippen LogP contribution >= 0.6 is 0 Å². The van der Waals surface area contributed by atoms with Crippen molar-refractivity contribution in [2.24, 2.45) is 0 Å². The Morgan fingerprint density at radius 2 is 1.88 bits per heavy atom. The minimum absolute atomic E-state index is 0.000514. The molecule has 25 heavy (non-hydrogen) atoms. The molecule has 1 aliphatic heterocycles. The molecule has 1 aromatic carbocycles. The molecule has 0 saturated carbocycles. The lowest BCUT2D eigenvalue weighted by Gasteiger charge is -2.18. The van der Waals surface area contributed by atoms with Crippen LogP contribution < -0.4 is 14.8 Å². The standard InChI is InChI=1S/C14H17F3N2O5S/c1-23-11-4-3-10(7-12(11)24-2)25(21,22)19-6-5-9(8-19)18-13(20)14(15,16)17/h3-4,7,9H,5-6,8H2,1-2H3,(H,18,20). The minimum Gasteiger partial charge on any atom is -0.493 e. The van der Waals surface area contributed by atoms with Gasteiger partial charge in [0.1, 0.15) is 0 Å². The monoisotopic (exact) mass is 382 g/mol. The Hall–Kier alpha value is -2.01. The number of methoxy groups -OCH3 is 2. The van der Waals surface area contributed by atoms with Gasteiger partial charge >= 0.3 is 12.1 Å². The first kappa shape index (κ1) is 19.3. The van der Waals surface area contributed by atoms with E-state index in [4.69, 9.17) is 9.47 Å². The number of hydrogen-bond donors (Lipinski definition) is 1. The molecule has 11 heteroatoms. The molecule has 0 aromatic heterocycles. The fourth-order valence-electron chi connectivity index (χ4n) is 2.46. The molecule has 0 spiro atoms. The Morgan fingerprint density at radius 3 is 2.44 bits per heavy atom. The van der Waals surface area contributed by atoms with Crippen LogP contribution in [0.1, 0.15) is 6.42 Å². The van der Waals surface area contributed by atoms with Crippen LogP contribution in [0.4, 0.5) is 13.2 Å². The van der Waals surface area contributed by atoms with E-state index >= 15 is 0 Å². The van der Waals surface area contributed by atoms with Crippen molar-refractivity contribution in [2.45, 2.75) is 23.5 Å². The molecule has 0 radical (unpaired) electrons. The first-order valence-electron chi connectivity index (χ1n) is 7.19. The molecule has 1 N–H and O–H groups in total. The van der Waals surface area contributed by atoms with Crippen molar-refractivity contribution in [1.29, 1.82) is 0 Å². The van der Waals surface area contributed by atoms with Gasteiger partial charge in [-0.2, -0.15) is 17.5 Å². The summed E-state index contributed by atoms with van der Waals surface area (Å²) in [7, 11) is -1.18. The molecule has 7 nitrogen and oxygen atoms in total. The molecular formula is C14H17F3N2O5S. The Morgan fingerprint density at radius 1 is 1.24 bits per heavy atom. The van der Waals surface area contributed by atoms with Crippen molar-refractivity contribution in [3.8, 4) is 11.5 Å². The van der Waals surface area contributed by atoms with E-state index in [2.05, 4.69) is 0 Å². The number of hydrogen-bond acceptors (Lipinski definition) is 5. The SMILES string of the molecule is COc1ccc(S(=O)(=O)N2CCC(NC(=O)C(F)(F)F)C2)cc1OC. The van der Waals surface area contributed by atoms with Crippen LogP contribution in [0.25, 0.3) is 0 Å². The molecule has 1 heterocycles. The molecule has 1 aliphatic rings.